The zero-order valence-electron chi connectivity index (χ0n) is 36.3. The van der Waals surface area contributed by atoms with Crippen LogP contribution < -0.4 is 5.32 Å². The highest BCUT2D eigenvalue weighted by Crippen LogP contribution is 2.54. The van der Waals surface area contributed by atoms with E-state index >= 15 is 0 Å². The summed E-state index contributed by atoms with van der Waals surface area (Å²) in [5.74, 6) is -6.02. The van der Waals surface area contributed by atoms with E-state index in [-0.39, 0.29) is 29.6 Å². The molecule has 0 radical (unpaired) electrons. The Bertz CT molecular complexity index is 1460. The molecular weight excluding hydrogens is 734 g/mol. The number of carbonyl (C=O) groups excluding carboxylic acids is 2. The predicted molar refractivity (Wildman–Crippen MR) is 212 cm³/mol. The lowest BCUT2D eigenvalue weighted by Crippen LogP contribution is -2.65. The monoisotopic (exact) mass is 808 g/mol. The molecule has 18 atom stereocenters. The molecule has 0 aromatic heterocycles. The Hall–Kier alpha value is -2.13. The number of nitrogens with one attached hydrogen (secondary N) is 1. The summed E-state index contributed by atoms with van der Waals surface area (Å²) in [5.41, 5.74) is -1.71. The lowest BCUT2D eigenvalue weighted by atomic mass is 9.72. The largest absolute Gasteiger partial charge is 0.481 e. The molecule has 0 aliphatic carbocycles. The number of carbonyl (C=O) groups is 3. The molecule has 5 heterocycles. The summed E-state index contributed by atoms with van der Waals surface area (Å²) in [6, 6.07) is -0.716. The molecule has 1 amide bonds. The number of hydrogen-bond donors (Lipinski definition) is 4. The SMILES string of the molecule is CCC(C(=O)[C@@H](C)[C@@H](O)[C@H](C)[C@@H]1O[C@@H](C(CC)C(=O)O)CC[C@@H]1C)[C@H]1O[C@]2(C=CC(NC(=O)OC)[C@]3(CC[C@@](C)([C@H]4CC[C@](O)(CC)[C@H](C)O4)O3)O2)[C@H](C)C[C@@H]1C. The number of aliphatic hydroxyl groups is 2. The van der Waals surface area contributed by atoms with Crippen molar-refractivity contribution in [2.75, 3.05) is 7.11 Å². The lowest BCUT2D eigenvalue weighted by Gasteiger charge is -2.55. The topological polar surface area (TPSA) is 179 Å². The Balaban J connectivity index is 1.37. The van der Waals surface area contributed by atoms with Crippen LogP contribution in [0.25, 0.3) is 0 Å². The number of ketones is 1. The van der Waals surface area contributed by atoms with Crippen LogP contribution in [-0.4, -0.2) is 106 Å². The number of methoxy groups -OCH3 is 1. The van der Waals surface area contributed by atoms with Gasteiger partial charge in [-0.15, -0.1) is 0 Å². The highest BCUT2D eigenvalue weighted by molar-refractivity contribution is 5.84. The molecular formula is C44H73NO12. The van der Waals surface area contributed by atoms with Crippen molar-refractivity contribution in [2.45, 2.75) is 199 Å². The maximum atomic E-state index is 14.6. The van der Waals surface area contributed by atoms with Gasteiger partial charge in [-0.2, -0.15) is 0 Å². The number of carboxylic acid groups (broad SMARTS) is 1. The van der Waals surface area contributed by atoms with Crippen LogP contribution in [0, 0.1) is 41.4 Å². The molecule has 5 aliphatic rings. The van der Waals surface area contributed by atoms with E-state index in [9.17, 15) is 29.7 Å². The van der Waals surface area contributed by atoms with Gasteiger partial charge in [0.05, 0.1) is 60.9 Å². The second-order valence-electron chi connectivity index (χ2n) is 18.6. The summed E-state index contributed by atoms with van der Waals surface area (Å²) in [4.78, 5) is 39.2. The fraction of sp³-hybridized carbons (Fsp3) is 0.886. The van der Waals surface area contributed by atoms with Crippen molar-refractivity contribution in [3.05, 3.63) is 12.2 Å². The van der Waals surface area contributed by atoms with Crippen molar-refractivity contribution in [1.82, 2.24) is 5.32 Å². The number of alkyl carbamates (subject to hydrolysis) is 1. The Labute approximate surface area is 340 Å². The Kier molecular flexibility index (Phi) is 14.4. The minimum Gasteiger partial charge on any atom is -0.481 e. The molecule has 0 aromatic rings. The van der Waals surface area contributed by atoms with Gasteiger partial charge in [0.1, 0.15) is 11.8 Å². The predicted octanol–water partition coefficient (Wildman–Crippen LogP) is 6.55. The van der Waals surface area contributed by atoms with Gasteiger partial charge >= 0.3 is 12.1 Å². The highest BCUT2D eigenvalue weighted by atomic mass is 16.8. The third-order valence-electron chi connectivity index (χ3n) is 14.9. The van der Waals surface area contributed by atoms with Crippen molar-refractivity contribution in [2.24, 2.45) is 41.4 Å². The number of amides is 1. The van der Waals surface area contributed by atoms with Crippen LogP contribution >= 0.6 is 0 Å². The van der Waals surface area contributed by atoms with Crippen molar-refractivity contribution < 1.29 is 58.1 Å². The van der Waals surface area contributed by atoms with Gasteiger partial charge in [0.15, 0.2) is 11.6 Å². The molecule has 13 nitrogen and oxygen atoms in total. The maximum absolute atomic E-state index is 14.6. The van der Waals surface area contributed by atoms with Crippen molar-refractivity contribution in [3.8, 4) is 0 Å². The van der Waals surface area contributed by atoms with Gasteiger partial charge in [-0.3, -0.25) is 9.59 Å². The minimum atomic E-state index is -1.35. The Morgan fingerprint density at radius 2 is 1.60 bits per heavy atom. The Morgan fingerprint density at radius 1 is 0.912 bits per heavy atom. The van der Waals surface area contributed by atoms with E-state index in [0.717, 1.165) is 6.42 Å². The number of aliphatic carboxylic acids is 1. The van der Waals surface area contributed by atoms with E-state index in [1.807, 2.05) is 53.7 Å². The van der Waals surface area contributed by atoms with E-state index in [1.165, 1.54) is 7.11 Å². The van der Waals surface area contributed by atoms with E-state index in [0.29, 0.717) is 57.8 Å². The van der Waals surface area contributed by atoms with Crippen LogP contribution in [0.4, 0.5) is 4.79 Å². The van der Waals surface area contributed by atoms with Crippen LogP contribution in [0.2, 0.25) is 0 Å². The first-order valence-corrected chi connectivity index (χ1v) is 21.8. The molecule has 326 valence electrons. The van der Waals surface area contributed by atoms with Crippen molar-refractivity contribution in [1.29, 1.82) is 0 Å². The second-order valence-corrected chi connectivity index (χ2v) is 18.6. The number of ether oxygens (including phenoxy) is 6. The average Bonchev–Trinajstić information content (AvgIpc) is 3.52. The lowest BCUT2D eigenvalue weighted by molar-refractivity contribution is -0.398. The number of aliphatic hydroxyl groups excluding tert-OH is 1. The zero-order valence-corrected chi connectivity index (χ0v) is 36.3. The van der Waals surface area contributed by atoms with E-state index in [2.05, 4.69) is 26.1 Å². The maximum Gasteiger partial charge on any atom is 0.407 e. The molecule has 2 spiro atoms. The number of rotatable bonds is 13. The minimum absolute atomic E-state index is 0.0196. The smallest absolute Gasteiger partial charge is 0.407 e. The van der Waals surface area contributed by atoms with Crippen LogP contribution in [-0.2, 0) is 38.0 Å². The normalized spacial score (nSPS) is 43.6. The summed E-state index contributed by atoms with van der Waals surface area (Å²) < 4.78 is 39.1. The van der Waals surface area contributed by atoms with Crippen LogP contribution in [0.5, 0.6) is 0 Å². The highest BCUT2D eigenvalue weighted by Gasteiger charge is 2.63. The molecule has 4 fully saturated rings. The molecule has 5 aliphatic heterocycles. The van der Waals surface area contributed by atoms with Gasteiger partial charge in [-0.05, 0) is 89.5 Å². The molecule has 5 rings (SSSR count). The molecule has 57 heavy (non-hydrogen) atoms. The molecule has 0 bridgehead atoms. The molecule has 4 saturated heterocycles. The fourth-order valence-electron chi connectivity index (χ4n) is 10.9. The van der Waals surface area contributed by atoms with Crippen molar-refractivity contribution in [3.63, 3.8) is 0 Å². The third kappa shape index (κ3) is 8.86. The van der Waals surface area contributed by atoms with Crippen molar-refractivity contribution >= 4 is 17.8 Å². The average molecular weight is 808 g/mol. The number of hydrogen-bond acceptors (Lipinski definition) is 11. The first kappa shape index (κ1) is 45.9. The molecule has 0 saturated carbocycles. The summed E-state index contributed by atoms with van der Waals surface area (Å²) in [6.45, 7) is 19.6. The van der Waals surface area contributed by atoms with Crippen LogP contribution in [0.1, 0.15) is 133 Å². The molecule has 0 aromatic carbocycles. The third-order valence-corrected chi connectivity index (χ3v) is 14.9. The first-order valence-electron chi connectivity index (χ1n) is 21.8. The molecule has 13 heteroatoms. The van der Waals surface area contributed by atoms with E-state index in [4.69, 9.17) is 28.4 Å². The summed E-state index contributed by atoms with van der Waals surface area (Å²) in [5, 5.41) is 35.7. The molecule has 3 unspecified atom stereocenters. The summed E-state index contributed by atoms with van der Waals surface area (Å²) in [7, 11) is 1.31. The summed E-state index contributed by atoms with van der Waals surface area (Å²) in [6.07, 6.45) is 5.75. The number of carboxylic acids is 1. The molecule has 4 N–H and O–H groups in total. The summed E-state index contributed by atoms with van der Waals surface area (Å²) >= 11 is 0. The van der Waals surface area contributed by atoms with Gasteiger partial charge in [0, 0.05) is 30.1 Å². The second kappa shape index (κ2) is 17.8. The van der Waals surface area contributed by atoms with Crippen LogP contribution in [0.15, 0.2) is 12.2 Å². The van der Waals surface area contributed by atoms with Gasteiger partial charge in [0.2, 0.25) is 0 Å². The van der Waals surface area contributed by atoms with E-state index < -0.39 is 95.1 Å². The number of Topliss-reactive ketones (excluding diaryl/α,β-unsaturated/α-hetero) is 1. The van der Waals surface area contributed by atoms with Gasteiger partial charge in [-0.1, -0.05) is 61.5 Å². The van der Waals surface area contributed by atoms with Crippen LogP contribution in [0.3, 0.4) is 0 Å². The van der Waals surface area contributed by atoms with Gasteiger partial charge in [0.25, 0.3) is 0 Å². The van der Waals surface area contributed by atoms with Gasteiger partial charge < -0.3 is 49.1 Å². The quantitative estimate of drug-likeness (QED) is 0.148. The Morgan fingerprint density at radius 3 is 2.19 bits per heavy atom. The zero-order chi connectivity index (χ0) is 42.2. The standard InChI is InChI=1S/C44H73NO12/c1-12-30(39(48)49)32-16-15-24(4)37(54-32)28(8)35(46)27(7)36(47)31(13-2)38-25(5)23-26(6)43(55-38)20-17-33(45-40(50)52-11)44(57-43)22-21-41(10,56-44)34-18-19-42(51,14-3)29(9)53-34/h17,20,24-35,37-38,46,51H,12-16,18-19,21-23H2,1-11H3,(H,45,50)(H,48,49)/t24-,25-,26+,27-,28-,29-,30?,31?,32+,33?,34+,35+,37+,38-,41-,42+,43-,44-/m0/s1. The van der Waals surface area contributed by atoms with Gasteiger partial charge in [-0.25, -0.2) is 4.79 Å². The first-order chi connectivity index (χ1) is 26.7. The fourth-order valence-corrected chi connectivity index (χ4v) is 10.9. The van der Waals surface area contributed by atoms with E-state index in [1.54, 1.807) is 6.92 Å².